The Balaban J connectivity index is 0.928. The molecule has 300 valence electrons. The molecule has 0 fully saturated rings. The first-order valence-corrected chi connectivity index (χ1v) is 22.9. The van der Waals surface area contributed by atoms with Gasteiger partial charge >= 0.3 is 0 Å². The molecule has 3 nitrogen and oxygen atoms in total. The van der Waals surface area contributed by atoms with Gasteiger partial charge in [0.15, 0.2) is 17.5 Å². The minimum atomic E-state index is 0.642. The van der Waals surface area contributed by atoms with Gasteiger partial charge in [-0.05, 0) is 111 Å². The van der Waals surface area contributed by atoms with Crippen LogP contribution in [0, 0.1) is 0 Å². The van der Waals surface area contributed by atoms with E-state index in [2.05, 4.69) is 194 Å². The van der Waals surface area contributed by atoms with E-state index in [9.17, 15) is 0 Å². The summed E-state index contributed by atoms with van der Waals surface area (Å²) in [6, 6.07) is 77.2. The number of benzene rings is 11. The first-order valence-electron chi connectivity index (χ1n) is 22.1. The molecule has 4 heteroatoms. The molecule has 0 atom stereocenters. The van der Waals surface area contributed by atoms with Gasteiger partial charge in [-0.2, -0.15) is 0 Å². The van der Waals surface area contributed by atoms with Crippen LogP contribution in [0.5, 0.6) is 0 Å². The van der Waals surface area contributed by atoms with Crippen LogP contribution in [0.3, 0.4) is 0 Å². The van der Waals surface area contributed by atoms with E-state index in [1.54, 1.807) is 11.3 Å². The van der Waals surface area contributed by atoms with E-state index in [1.807, 2.05) is 18.2 Å². The fraction of sp³-hybridized carbons (Fsp3) is 0. The van der Waals surface area contributed by atoms with Crippen molar-refractivity contribution >= 4 is 96.1 Å². The number of hydrogen-bond donors (Lipinski definition) is 0. The van der Waals surface area contributed by atoms with Gasteiger partial charge in [0.25, 0.3) is 0 Å². The lowest BCUT2D eigenvalue weighted by molar-refractivity contribution is 1.07. The van der Waals surface area contributed by atoms with Crippen LogP contribution >= 0.6 is 11.3 Å². The van der Waals surface area contributed by atoms with E-state index in [0.717, 1.165) is 22.3 Å². The molecule has 0 spiro atoms. The van der Waals surface area contributed by atoms with E-state index < -0.39 is 0 Å². The Morgan fingerprint density at radius 3 is 1.37 bits per heavy atom. The van der Waals surface area contributed by atoms with Crippen LogP contribution in [-0.2, 0) is 0 Å². The van der Waals surface area contributed by atoms with Crippen LogP contribution in [0.2, 0.25) is 0 Å². The highest BCUT2D eigenvalue weighted by Gasteiger charge is 2.19. The van der Waals surface area contributed by atoms with Crippen LogP contribution < -0.4 is 0 Å². The number of rotatable bonds is 5. The summed E-state index contributed by atoms with van der Waals surface area (Å²) in [6.45, 7) is 0. The van der Waals surface area contributed by atoms with Crippen molar-refractivity contribution in [3.63, 3.8) is 0 Å². The fourth-order valence-corrected chi connectivity index (χ4v) is 11.6. The number of fused-ring (bicyclic) bond motifs is 5. The molecule has 0 amide bonds. The third-order valence-electron chi connectivity index (χ3n) is 13.4. The highest BCUT2D eigenvalue weighted by atomic mass is 32.1. The van der Waals surface area contributed by atoms with Crippen molar-refractivity contribution in [3.05, 3.63) is 212 Å². The van der Waals surface area contributed by atoms with Gasteiger partial charge in [-0.25, -0.2) is 15.0 Å². The predicted octanol–water partition coefficient (Wildman–Crippen LogP) is 16.9. The van der Waals surface area contributed by atoms with Crippen molar-refractivity contribution < 1.29 is 0 Å². The zero-order chi connectivity index (χ0) is 42.6. The van der Waals surface area contributed by atoms with Crippen LogP contribution in [0.25, 0.3) is 141 Å². The highest BCUT2D eigenvalue weighted by Crippen LogP contribution is 2.45. The van der Waals surface area contributed by atoms with Crippen molar-refractivity contribution in [1.29, 1.82) is 0 Å². The van der Waals surface area contributed by atoms with Gasteiger partial charge in [0.05, 0.1) is 0 Å². The minimum absolute atomic E-state index is 0.642. The Kier molecular flexibility index (Phi) is 7.85. The van der Waals surface area contributed by atoms with Crippen molar-refractivity contribution in [2.24, 2.45) is 0 Å². The summed E-state index contributed by atoms with van der Waals surface area (Å²) < 4.78 is 2.49. The molecular formula is C61H35N3S. The first kappa shape index (κ1) is 36.2. The first-order chi connectivity index (χ1) is 32.2. The topological polar surface area (TPSA) is 38.7 Å². The van der Waals surface area contributed by atoms with Gasteiger partial charge in [0.2, 0.25) is 0 Å². The summed E-state index contributed by atoms with van der Waals surface area (Å²) in [4.78, 5) is 15.3. The number of thiophene rings is 1. The van der Waals surface area contributed by atoms with Gasteiger partial charge in [0, 0.05) is 36.9 Å². The molecule has 65 heavy (non-hydrogen) atoms. The third-order valence-corrected chi connectivity index (χ3v) is 14.6. The molecule has 0 bridgehead atoms. The number of aromatic nitrogens is 3. The minimum Gasteiger partial charge on any atom is -0.208 e. The van der Waals surface area contributed by atoms with Gasteiger partial charge in [-0.1, -0.05) is 188 Å². The quantitative estimate of drug-likeness (QED) is 0.162. The maximum absolute atomic E-state index is 5.14. The molecule has 0 aliphatic heterocycles. The van der Waals surface area contributed by atoms with E-state index in [1.165, 1.54) is 101 Å². The van der Waals surface area contributed by atoms with Crippen LogP contribution in [0.15, 0.2) is 212 Å². The second-order valence-electron chi connectivity index (χ2n) is 17.1. The molecule has 0 aliphatic rings. The van der Waals surface area contributed by atoms with Crippen LogP contribution in [0.1, 0.15) is 0 Å². The van der Waals surface area contributed by atoms with Crippen molar-refractivity contribution in [1.82, 2.24) is 15.0 Å². The average Bonchev–Trinajstić information content (AvgIpc) is 3.75. The molecule has 14 rings (SSSR count). The maximum Gasteiger partial charge on any atom is 0.164 e. The lowest BCUT2D eigenvalue weighted by Gasteiger charge is -2.18. The molecule has 0 saturated carbocycles. The Morgan fingerprint density at radius 1 is 0.246 bits per heavy atom. The van der Waals surface area contributed by atoms with E-state index in [4.69, 9.17) is 15.0 Å². The number of hydrogen-bond acceptors (Lipinski definition) is 4. The SMILES string of the molecule is c1ccc(-c2nc(-c3ccc(-c4ccccc4-c4cc5ccc6cccc7c8cccc9ccc%10cccc(c(c4)c5c67)c%10c98)cc3)nc(-c3ccc4c(c3)sc3ccccc34)n2)cc1. The van der Waals surface area contributed by atoms with E-state index in [-0.39, 0.29) is 0 Å². The Labute approximate surface area is 377 Å². The molecule has 14 aromatic rings. The fourth-order valence-electron chi connectivity index (χ4n) is 10.4. The van der Waals surface area contributed by atoms with Crippen molar-refractivity contribution in [2.75, 3.05) is 0 Å². The predicted molar refractivity (Wildman–Crippen MR) is 276 cm³/mol. The van der Waals surface area contributed by atoms with Crippen LogP contribution in [0.4, 0.5) is 0 Å². The molecule has 0 N–H and O–H groups in total. The average molecular weight is 842 g/mol. The standard InChI is InChI=1S/C61H35N3S/c1-2-11-40(12-3-1)59-62-60(64-61(63-59)43-31-32-48-47-18-6-7-22-53(47)65-54(48)35-43)41-28-23-36(24-29-41)45-16-4-5-17-46(45)44-33-42-30-27-39-14-9-20-50-49-19-8-13-37-25-26-38-15-10-21-51(57(38)55(37)49)52(34-44)58(42)56(39)50/h1-35H. The highest BCUT2D eigenvalue weighted by molar-refractivity contribution is 7.25. The van der Waals surface area contributed by atoms with Crippen LogP contribution in [-0.4, -0.2) is 15.0 Å². The summed E-state index contributed by atoms with van der Waals surface area (Å²) in [5, 5.41) is 17.9. The normalized spacial score (nSPS) is 12.0. The Morgan fingerprint density at radius 2 is 0.708 bits per heavy atom. The molecule has 0 aliphatic carbocycles. The lowest BCUT2D eigenvalue weighted by Crippen LogP contribution is -2.00. The third kappa shape index (κ3) is 5.64. The van der Waals surface area contributed by atoms with Gasteiger partial charge in [-0.15, -0.1) is 11.3 Å². The monoisotopic (exact) mass is 841 g/mol. The molecule has 0 radical (unpaired) electrons. The van der Waals surface area contributed by atoms with E-state index in [0.29, 0.717) is 17.5 Å². The largest absolute Gasteiger partial charge is 0.208 e. The summed E-state index contributed by atoms with van der Waals surface area (Å²) >= 11 is 1.80. The summed E-state index contributed by atoms with van der Waals surface area (Å²) in [5.74, 6) is 1.95. The summed E-state index contributed by atoms with van der Waals surface area (Å²) in [5.41, 5.74) is 7.52. The van der Waals surface area contributed by atoms with Gasteiger partial charge < -0.3 is 0 Å². The van der Waals surface area contributed by atoms with Crippen molar-refractivity contribution in [2.45, 2.75) is 0 Å². The summed E-state index contributed by atoms with van der Waals surface area (Å²) in [6.07, 6.45) is 0. The van der Waals surface area contributed by atoms with Gasteiger partial charge in [0.1, 0.15) is 0 Å². The van der Waals surface area contributed by atoms with Gasteiger partial charge in [-0.3, -0.25) is 0 Å². The molecule has 12 aromatic carbocycles. The molecule has 0 saturated heterocycles. The second-order valence-corrected chi connectivity index (χ2v) is 18.2. The van der Waals surface area contributed by atoms with Crippen molar-refractivity contribution in [3.8, 4) is 56.4 Å². The smallest absolute Gasteiger partial charge is 0.164 e. The Bertz CT molecular complexity index is 4220. The molecule has 2 heterocycles. The zero-order valence-electron chi connectivity index (χ0n) is 35.0. The maximum atomic E-state index is 5.14. The molecule has 0 unspecified atom stereocenters. The van der Waals surface area contributed by atoms with E-state index >= 15 is 0 Å². The molecule has 2 aromatic heterocycles. The number of nitrogens with zero attached hydrogens (tertiary/aromatic N) is 3. The summed E-state index contributed by atoms with van der Waals surface area (Å²) in [7, 11) is 0. The second kappa shape index (κ2) is 14.1. The molecular weight excluding hydrogens is 807 g/mol. The zero-order valence-corrected chi connectivity index (χ0v) is 35.8. The lowest BCUT2D eigenvalue weighted by atomic mass is 9.85. The Hall–Kier alpha value is -8.31.